The van der Waals surface area contributed by atoms with Gasteiger partial charge in [-0.1, -0.05) is 43.8 Å². The molecule has 148 valence electrons. The van der Waals surface area contributed by atoms with Crippen LogP contribution in [0.1, 0.15) is 19.5 Å². The van der Waals surface area contributed by atoms with Gasteiger partial charge in [-0.25, -0.2) is 8.42 Å². The van der Waals surface area contributed by atoms with Crippen molar-refractivity contribution in [1.82, 2.24) is 24.1 Å². The van der Waals surface area contributed by atoms with E-state index in [0.717, 1.165) is 10.9 Å². The Morgan fingerprint density at radius 2 is 1.86 bits per heavy atom. The average molecular weight is 418 g/mol. The molecule has 0 aliphatic carbocycles. The van der Waals surface area contributed by atoms with Gasteiger partial charge in [0.2, 0.25) is 10.0 Å². The van der Waals surface area contributed by atoms with Crippen LogP contribution in [0.15, 0.2) is 58.7 Å². The van der Waals surface area contributed by atoms with Gasteiger partial charge in [-0.15, -0.1) is 10.2 Å². The Balaban J connectivity index is 1.86. The number of nitrogens with zero attached hydrogens (tertiary/aromatic N) is 5. The van der Waals surface area contributed by atoms with E-state index < -0.39 is 10.0 Å². The second-order valence-corrected chi connectivity index (χ2v) is 8.97. The smallest absolute Gasteiger partial charge is 0.243 e. The Morgan fingerprint density at radius 1 is 1.07 bits per heavy atom. The van der Waals surface area contributed by atoms with Crippen LogP contribution in [0.4, 0.5) is 0 Å². The molecule has 0 spiro atoms. The number of benzene rings is 1. The van der Waals surface area contributed by atoms with Crippen LogP contribution in [-0.2, 0) is 22.8 Å². The molecular weight excluding hydrogens is 394 g/mol. The van der Waals surface area contributed by atoms with Crippen molar-refractivity contribution in [1.29, 1.82) is 0 Å². The summed E-state index contributed by atoms with van der Waals surface area (Å²) in [7, 11) is -1.64. The summed E-state index contributed by atoms with van der Waals surface area (Å²) in [6.45, 7) is 4.53. The molecule has 0 unspecified atom stereocenters. The summed E-state index contributed by atoms with van der Waals surface area (Å²) in [6, 6.07) is 12.7. The molecule has 0 saturated heterocycles. The fraction of sp³-hybridized carbons (Fsp3) is 0.316. The average Bonchev–Trinajstić information content (AvgIpc) is 3.08. The molecule has 0 atom stereocenters. The second kappa shape index (κ2) is 8.85. The zero-order valence-electron chi connectivity index (χ0n) is 16.1. The van der Waals surface area contributed by atoms with Crippen molar-refractivity contribution in [2.45, 2.75) is 29.7 Å². The lowest BCUT2D eigenvalue weighted by molar-refractivity contribution is 0.445. The lowest BCUT2D eigenvalue weighted by atomic mass is 10.2. The van der Waals surface area contributed by atoms with Crippen LogP contribution in [0.25, 0.3) is 11.4 Å². The maximum absolute atomic E-state index is 12.8. The fourth-order valence-electron chi connectivity index (χ4n) is 2.82. The highest BCUT2D eigenvalue weighted by Crippen LogP contribution is 2.27. The van der Waals surface area contributed by atoms with E-state index in [1.54, 1.807) is 24.4 Å². The van der Waals surface area contributed by atoms with E-state index >= 15 is 0 Å². The standard InChI is InChI=1S/C19H23N5O2S2/c1-4-24(5-2)28(25,26)17-11-8-9-15(13-17)18-21-22-19(23(18)3)27-14-16-10-6-7-12-20-16/h6-13H,4-5,14H2,1-3H3. The highest BCUT2D eigenvalue weighted by atomic mass is 32.2. The van der Waals surface area contributed by atoms with Gasteiger partial charge in [0.1, 0.15) is 0 Å². The molecule has 28 heavy (non-hydrogen) atoms. The summed E-state index contributed by atoms with van der Waals surface area (Å²) in [4.78, 5) is 4.57. The van der Waals surface area contributed by atoms with Gasteiger partial charge < -0.3 is 4.57 Å². The molecule has 9 heteroatoms. The summed E-state index contributed by atoms with van der Waals surface area (Å²) < 4.78 is 28.9. The molecule has 0 radical (unpaired) electrons. The van der Waals surface area contributed by atoms with Crippen LogP contribution in [0.5, 0.6) is 0 Å². The van der Waals surface area contributed by atoms with Crippen molar-refractivity contribution in [3.63, 3.8) is 0 Å². The molecule has 2 heterocycles. The van der Waals surface area contributed by atoms with E-state index in [9.17, 15) is 8.42 Å². The first-order chi connectivity index (χ1) is 13.5. The molecule has 0 amide bonds. The van der Waals surface area contributed by atoms with Gasteiger partial charge in [0.25, 0.3) is 0 Å². The number of sulfonamides is 1. The zero-order valence-corrected chi connectivity index (χ0v) is 17.7. The Hall–Kier alpha value is -2.23. The lowest BCUT2D eigenvalue weighted by Gasteiger charge is -2.18. The van der Waals surface area contributed by atoms with E-state index in [-0.39, 0.29) is 4.90 Å². The maximum atomic E-state index is 12.8. The van der Waals surface area contributed by atoms with Gasteiger partial charge >= 0.3 is 0 Å². The molecule has 0 fully saturated rings. The minimum atomic E-state index is -3.52. The molecule has 0 saturated carbocycles. The summed E-state index contributed by atoms with van der Waals surface area (Å²) in [5, 5.41) is 9.27. The Kier molecular flexibility index (Phi) is 6.48. The lowest BCUT2D eigenvalue weighted by Crippen LogP contribution is -2.30. The SMILES string of the molecule is CCN(CC)S(=O)(=O)c1cccc(-c2nnc(SCc3ccccn3)n2C)c1. The Morgan fingerprint density at radius 3 is 2.54 bits per heavy atom. The van der Waals surface area contributed by atoms with Crippen molar-refractivity contribution in [3.8, 4) is 11.4 Å². The largest absolute Gasteiger partial charge is 0.305 e. The van der Waals surface area contributed by atoms with Gasteiger partial charge in [0, 0.05) is 37.7 Å². The number of hydrogen-bond acceptors (Lipinski definition) is 6. The van der Waals surface area contributed by atoms with E-state index in [1.807, 2.05) is 49.7 Å². The first kappa shape index (κ1) is 20.5. The van der Waals surface area contributed by atoms with Crippen molar-refractivity contribution >= 4 is 21.8 Å². The highest BCUT2D eigenvalue weighted by molar-refractivity contribution is 7.98. The molecule has 1 aromatic carbocycles. The molecule has 3 rings (SSSR count). The molecule has 7 nitrogen and oxygen atoms in total. The second-order valence-electron chi connectivity index (χ2n) is 6.09. The van der Waals surface area contributed by atoms with Gasteiger partial charge in [-0.3, -0.25) is 4.98 Å². The summed E-state index contributed by atoms with van der Waals surface area (Å²) in [6.07, 6.45) is 1.76. The van der Waals surface area contributed by atoms with Crippen LogP contribution in [0, 0.1) is 0 Å². The molecular formula is C19H23N5O2S2. The predicted octanol–water partition coefficient (Wildman–Crippen LogP) is 3.20. The zero-order chi connectivity index (χ0) is 20.1. The van der Waals surface area contributed by atoms with Crippen LogP contribution in [-0.4, -0.2) is 45.6 Å². The van der Waals surface area contributed by atoms with E-state index in [1.165, 1.54) is 16.1 Å². The molecule has 3 aromatic rings. The predicted molar refractivity (Wildman–Crippen MR) is 110 cm³/mol. The number of thioether (sulfide) groups is 1. The third kappa shape index (κ3) is 4.26. The normalized spacial score (nSPS) is 11.9. The number of pyridine rings is 1. The number of hydrogen-bond donors (Lipinski definition) is 0. The summed E-state index contributed by atoms with van der Waals surface area (Å²) in [5.74, 6) is 1.31. The van der Waals surface area contributed by atoms with Gasteiger partial charge in [0.05, 0.1) is 10.6 Å². The van der Waals surface area contributed by atoms with Crippen LogP contribution >= 0.6 is 11.8 Å². The first-order valence-corrected chi connectivity index (χ1v) is 11.4. The molecule has 0 N–H and O–H groups in total. The van der Waals surface area contributed by atoms with E-state index in [4.69, 9.17) is 0 Å². The summed E-state index contributed by atoms with van der Waals surface area (Å²) >= 11 is 1.54. The Labute approximate surface area is 169 Å². The van der Waals surface area contributed by atoms with E-state index in [0.29, 0.717) is 30.2 Å². The Bertz CT molecular complexity index is 1030. The van der Waals surface area contributed by atoms with Crippen molar-refractivity contribution < 1.29 is 8.42 Å². The topological polar surface area (TPSA) is 81.0 Å². The monoisotopic (exact) mass is 417 g/mol. The fourth-order valence-corrected chi connectivity index (χ4v) is 5.15. The van der Waals surface area contributed by atoms with E-state index in [2.05, 4.69) is 15.2 Å². The van der Waals surface area contributed by atoms with Crippen molar-refractivity contribution in [2.75, 3.05) is 13.1 Å². The van der Waals surface area contributed by atoms with Crippen LogP contribution in [0.2, 0.25) is 0 Å². The van der Waals surface area contributed by atoms with Gasteiger partial charge in [0.15, 0.2) is 11.0 Å². The van der Waals surface area contributed by atoms with Crippen molar-refractivity contribution in [3.05, 3.63) is 54.4 Å². The maximum Gasteiger partial charge on any atom is 0.243 e. The van der Waals surface area contributed by atoms with Crippen LogP contribution < -0.4 is 0 Å². The van der Waals surface area contributed by atoms with Gasteiger partial charge in [-0.05, 0) is 24.3 Å². The minimum Gasteiger partial charge on any atom is -0.305 e. The molecule has 0 bridgehead atoms. The highest BCUT2D eigenvalue weighted by Gasteiger charge is 2.22. The first-order valence-electron chi connectivity index (χ1n) is 9.00. The third-order valence-corrected chi connectivity index (χ3v) is 7.45. The number of rotatable bonds is 8. The van der Waals surface area contributed by atoms with Crippen molar-refractivity contribution in [2.24, 2.45) is 7.05 Å². The van der Waals surface area contributed by atoms with Crippen LogP contribution in [0.3, 0.4) is 0 Å². The molecule has 0 aliphatic rings. The molecule has 2 aromatic heterocycles. The quantitative estimate of drug-likeness (QED) is 0.524. The summed E-state index contributed by atoms with van der Waals surface area (Å²) in [5.41, 5.74) is 1.68. The third-order valence-electron chi connectivity index (χ3n) is 4.35. The van der Waals surface area contributed by atoms with Gasteiger partial charge in [-0.2, -0.15) is 4.31 Å². The molecule has 0 aliphatic heterocycles. The number of aromatic nitrogens is 4. The minimum absolute atomic E-state index is 0.263.